The van der Waals surface area contributed by atoms with Crippen molar-refractivity contribution in [2.24, 2.45) is 0 Å². The van der Waals surface area contributed by atoms with Gasteiger partial charge in [0.05, 0.1) is 0 Å². The number of rotatable bonds is 2. The summed E-state index contributed by atoms with van der Waals surface area (Å²) in [5, 5.41) is 18.0. The van der Waals surface area contributed by atoms with Crippen LogP contribution in [0.3, 0.4) is 0 Å². The average Bonchev–Trinajstić information content (AvgIpc) is 2.04. The molecule has 1 aromatic rings. The van der Waals surface area contributed by atoms with Crippen molar-refractivity contribution in [2.75, 3.05) is 0 Å². The van der Waals surface area contributed by atoms with Crippen LogP contribution in [0.2, 0.25) is 0 Å². The Kier molecular flexibility index (Phi) is 2.20. The highest BCUT2D eigenvalue weighted by atomic mass is 16.4. The fraction of sp³-hybridized carbons (Fsp3) is 0.250. The molecule has 2 N–H and O–H groups in total. The molecular weight excluding hydrogens is 174 g/mol. The molecule has 0 aliphatic heterocycles. The number of nitrogens with zero attached hydrogens (tertiary/aromatic N) is 1. The van der Waals surface area contributed by atoms with Gasteiger partial charge in [0, 0.05) is 12.3 Å². The zero-order valence-corrected chi connectivity index (χ0v) is 6.97. The summed E-state index contributed by atoms with van der Waals surface area (Å²) < 4.78 is 0.745. The lowest BCUT2D eigenvalue weighted by Gasteiger charge is -2.20. The van der Waals surface area contributed by atoms with Gasteiger partial charge in [-0.2, -0.15) is 0 Å². The second-order valence-electron chi connectivity index (χ2n) is 2.73. The average molecular weight is 183 g/mol. The number of hydrogen-bond acceptors (Lipinski definition) is 3. The predicted octanol–water partition coefficient (Wildman–Crippen LogP) is -0.402. The molecule has 0 unspecified atom stereocenters. The number of carboxylic acids is 1. The summed E-state index contributed by atoms with van der Waals surface area (Å²) in [6, 6.07) is 4.12. The molecule has 1 heterocycles. The third-order valence-electron chi connectivity index (χ3n) is 1.70. The summed E-state index contributed by atoms with van der Waals surface area (Å²) in [7, 11) is 0. The first-order chi connectivity index (χ1) is 5.96. The van der Waals surface area contributed by atoms with Crippen molar-refractivity contribution in [3.05, 3.63) is 34.7 Å². The van der Waals surface area contributed by atoms with Crippen LogP contribution in [0.5, 0.6) is 0 Å². The van der Waals surface area contributed by atoms with Crippen LogP contribution in [0, 0.1) is 0 Å². The highest BCUT2D eigenvalue weighted by Crippen LogP contribution is 2.07. The smallest absolute Gasteiger partial charge is 0.357 e. The van der Waals surface area contributed by atoms with Crippen LogP contribution in [0.4, 0.5) is 0 Å². The van der Waals surface area contributed by atoms with Gasteiger partial charge in [-0.1, -0.05) is 6.07 Å². The van der Waals surface area contributed by atoms with E-state index in [1.807, 2.05) is 0 Å². The number of aliphatic carboxylic acids is 1. The Labute approximate surface area is 73.9 Å². The second-order valence-corrected chi connectivity index (χ2v) is 2.73. The lowest BCUT2D eigenvalue weighted by atomic mass is 10.2. The highest BCUT2D eigenvalue weighted by Gasteiger charge is 2.32. The molecule has 0 spiro atoms. The Morgan fingerprint density at radius 3 is 2.62 bits per heavy atom. The van der Waals surface area contributed by atoms with Crippen LogP contribution in [0.25, 0.3) is 0 Å². The first kappa shape index (κ1) is 9.47. The van der Waals surface area contributed by atoms with Crippen LogP contribution >= 0.6 is 0 Å². The van der Waals surface area contributed by atoms with E-state index in [0.29, 0.717) is 0 Å². The lowest BCUT2D eigenvalue weighted by molar-refractivity contribution is -0.167. The topological polar surface area (TPSA) is 79.5 Å². The van der Waals surface area contributed by atoms with Gasteiger partial charge in [0.25, 0.3) is 5.56 Å². The van der Waals surface area contributed by atoms with Crippen molar-refractivity contribution in [2.45, 2.75) is 12.6 Å². The molecule has 1 rings (SSSR count). The van der Waals surface area contributed by atoms with Gasteiger partial charge in [-0.25, -0.2) is 4.79 Å². The van der Waals surface area contributed by atoms with Crippen LogP contribution in [-0.2, 0) is 10.5 Å². The minimum absolute atomic E-state index is 0.560. The molecule has 0 amide bonds. The van der Waals surface area contributed by atoms with E-state index >= 15 is 0 Å². The van der Waals surface area contributed by atoms with Gasteiger partial charge in [0.2, 0.25) is 5.72 Å². The van der Waals surface area contributed by atoms with E-state index in [9.17, 15) is 14.7 Å². The minimum Gasteiger partial charge on any atom is -0.478 e. The molecule has 0 aromatic carbocycles. The van der Waals surface area contributed by atoms with Crippen LogP contribution in [0.1, 0.15) is 6.92 Å². The molecule has 70 valence electrons. The summed E-state index contributed by atoms with van der Waals surface area (Å²) in [5.74, 6) is -1.47. The molecule has 0 bridgehead atoms. The van der Waals surface area contributed by atoms with Gasteiger partial charge in [-0.3, -0.25) is 9.36 Å². The monoisotopic (exact) mass is 183 g/mol. The van der Waals surface area contributed by atoms with Crippen LogP contribution in [0.15, 0.2) is 29.2 Å². The van der Waals surface area contributed by atoms with E-state index in [1.54, 1.807) is 0 Å². The zero-order valence-electron chi connectivity index (χ0n) is 6.97. The molecule has 0 aliphatic carbocycles. The van der Waals surface area contributed by atoms with Crippen molar-refractivity contribution in [1.29, 1.82) is 0 Å². The van der Waals surface area contributed by atoms with Crippen molar-refractivity contribution in [1.82, 2.24) is 4.57 Å². The molecule has 0 saturated heterocycles. The number of aromatic nitrogens is 1. The molecule has 0 radical (unpaired) electrons. The van der Waals surface area contributed by atoms with Crippen LogP contribution < -0.4 is 5.56 Å². The lowest BCUT2D eigenvalue weighted by Crippen LogP contribution is -2.44. The van der Waals surface area contributed by atoms with Crippen molar-refractivity contribution in [3.63, 3.8) is 0 Å². The fourth-order valence-electron chi connectivity index (χ4n) is 0.890. The van der Waals surface area contributed by atoms with E-state index in [2.05, 4.69) is 0 Å². The second kappa shape index (κ2) is 3.02. The summed E-state index contributed by atoms with van der Waals surface area (Å²) in [5.41, 5.74) is -2.76. The van der Waals surface area contributed by atoms with E-state index in [4.69, 9.17) is 5.11 Å². The Morgan fingerprint density at radius 2 is 2.15 bits per heavy atom. The van der Waals surface area contributed by atoms with Gasteiger partial charge < -0.3 is 10.2 Å². The summed E-state index contributed by atoms with van der Waals surface area (Å²) in [6.07, 6.45) is 1.22. The van der Waals surface area contributed by atoms with E-state index in [0.717, 1.165) is 11.5 Å². The van der Waals surface area contributed by atoms with Gasteiger partial charge in [0.1, 0.15) is 0 Å². The maximum atomic E-state index is 11.1. The Morgan fingerprint density at radius 1 is 1.54 bits per heavy atom. The minimum atomic E-state index is -2.20. The summed E-state index contributed by atoms with van der Waals surface area (Å²) in [4.78, 5) is 21.7. The van der Waals surface area contributed by atoms with Gasteiger partial charge in [0.15, 0.2) is 0 Å². The molecule has 5 heteroatoms. The van der Waals surface area contributed by atoms with Crippen molar-refractivity contribution in [3.8, 4) is 0 Å². The van der Waals surface area contributed by atoms with Gasteiger partial charge in [-0.05, 0) is 13.0 Å². The predicted molar refractivity (Wildman–Crippen MR) is 44.2 cm³/mol. The number of hydrogen-bond donors (Lipinski definition) is 2. The molecule has 13 heavy (non-hydrogen) atoms. The molecule has 0 saturated carbocycles. The maximum absolute atomic E-state index is 11.1. The third-order valence-corrected chi connectivity index (χ3v) is 1.70. The van der Waals surface area contributed by atoms with Gasteiger partial charge in [-0.15, -0.1) is 0 Å². The standard InChI is InChI=1S/C8H9NO4/c1-8(13,7(11)12)9-5-3-2-4-6(9)10/h2-5,13H,1H3,(H,11,12)/t8-/m0/s1. The van der Waals surface area contributed by atoms with E-state index < -0.39 is 17.3 Å². The summed E-state index contributed by atoms with van der Waals surface area (Å²) in [6.45, 7) is 1.04. The molecule has 0 fully saturated rings. The SMILES string of the molecule is C[C@](O)(C(=O)O)n1ccccc1=O. The van der Waals surface area contributed by atoms with Crippen molar-refractivity contribution >= 4 is 5.97 Å². The van der Waals surface area contributed by atoms with Gasteiger partial charge >= 0.3 is 5.97 Å². The molecule has 1 atom stereocenters. The Bertz CT molecular complexity index is 380. The Hall–Kier alpha value is -1.62. The number of carbonyl (C=O) groups is 1. The number of pyridine rings is 1. The third kappa shape index (κ3) is 1.59. The maximum Gasteiger partial charge on any atom is 0.357 e. The largest absolute Gasteiger partial charge is 0.478 e. The molecule has 1 aromatic heterocycles. The highest BCUT2D eigenvalue weighted by molar-refractivity contribution is 5.74. The number of carboxylic acid groups (broad SMARTS) is 1. The number of aliphatic hydroxyl groups is 1. The first-order valence-corrected chi connectivity index (χ1v) is 3.60. The molecule has 0 aliphatic rings. The first-order valence-electron chi connectivity index (χ1n) is 3.60. The molecular formula is C8H9NO4. The van der Waals surface area contributed by atoms with Crippen molar-refractivity contribution < 1.29 is 15.0 Å². The summed E-state index contributed by atoms with van der Waals surface area (Å²) >= 11 is 0. The zero-order chi connectivity index (χ0) is 10.1. The molecule has 5 nitrogen and oxygen atoms in total. The normalized spacial score (nSPS) is 14.9. The fourth-order valence-corrected chi connectivity index (χ4v) is 0.890. The van der Waals surface area contributed by atoms with Crippen LogP contribution in [-0.4, -0.2) is 20.7 Å². The van der Waals surface area contributed by atoms with E-state index in [-0.39, 0.29) is 0 Å². The Balaban J connectivity index is 3.30. The van der Waals surface area contributed by atoms with E-state index in [1.165, 1.54) is 24.4 Å². The quantitative estimate of drug-likeness (QED) is 0.653.